The highest BCUT2D eigenvalue weighted by Gasteiger charge is 2.32. The van der Waals surface area contributed by atoms with Crippen LogP contribution in [0.2, 0.25) is 5.02 Å². The molecule has 1 fully saturated rings. The zero-order chi connectivity index (χ0) is 13.8. The lowest BCUT2D eigenvalue weighted by molar-refractivity contribution is -0.128. The van der Waals surface area contributed by atoms with E-state index in [1.165, 1.54) is 0 Å². The van der Waals surface area contributed by atoms with Crippen molar-refractivity contribution >= 4 is 17.5 Å². The second-order valence-electron chi connectivity index (χ2n) is 5.07. The number of carbonyl (C=O) groups is 1. The van der Waals surface area contributed by atoms with Crippen LogP contribution in [-0.2, 0) is 4.79 Å². The van der Waals surface area contributed by atoms with Crippen molar-refractivity contribution in [3.8, 4) is 0 Å². The van der Waals surface area contributed by atoms with Gasteiger partial charge in [-0.2, -0.15) is 0 Å². The van der Waals surface area contributed by atoms with Crippen LogP contribution in [0.15, 0.2) is 24.3 Å². The molecule has 1 N–H and O–H groups in total. The average Bonchev–Trinajstić information content (AvgIpc) is 2.77. The van der Waals surface area contributed by atoms with Crippen LogP contribution in [0, 0.1) is 5.92 Å². The van der Waals surface area contributed by atoms with Crippen LogP contribution in [0.3, 0.4) is 0 Å². The largest absolute Gasteiger partial charge is 0.322 e. The smallest absolute Gasteiger partial charge is 0.238 e. The zero-order valence-corrected chi connectivity index (χ0v) is 12.3. The van der Waals surface area contributed by atoms with Gasteiger partial charge in [-0.3, -0.25) is 10.1 Å². The lowest BCUT2D eigenvalue weighted by Crippen LogP contribution is -2.34. The van der Waals surface area contributed by atoms with Crippen molar-refractivity contribution in [2.24, 2.45) is 5.92 Å². The minimum absolute atomic E-state index is 0.0354. The van der Waals surface area contributed by atoms with Crippen molar-refractivity contribution < 1.29 is 4.79 Å². The van der Waals surface area contributed by atoms with Crippen molar-refractivity contribution in [2.45, 2.75) is 32.9 Å². The van der Waals surface area contributed by atoms with Gasteiger partial charge in [0.25, 0.3) is 0 Å². The number of nitrogens with one attached hydrogen (secondary N) is 1. The number of amides is 1. The summed E-state index contributed by atoms with van der Waals surface area (Å²) < 4.78 is 0. The Hall–Kier alpha value is -1.06. The van der Waals surface area contributed by atoms with Crippen molar-refractivity contribution in [1.82, 2.24) is 10.2 Å². The Labute approximate surface area is 119 Å². The van der Waals surface area contributed by atoms with Gasteiger partial charge in [-0.25, -0.2) is 0 Å². The molecule has 0 bridgehead atoms. The predicted octanol–water partition coefficient (Wildman–Crippen LogP) is 3.21. The first-order valence-corrected chi connectivity index (χ1v) is 7.31. The second-order valence-corrected chi connectivity index (χ2v) is 5.50. The number of halogens is 1. The third-order valence-electron chi connectivity index (χ3n) is 3.85. The minimum atomic E-state index is -0.0354. The molecule has 4 heteroatoms. The maximum absolute atomic E-state index is 12.0. The van der Waals surface area contributed by atoms with Gasteiger partial charge in [-0.1, -0.05) is 50.4 Å². The molecule has 0 spiro atoms. The fourth-order valence-corrected chi connectivity index (χ4v) is 2.75. The Bertz CT molecular complexity index is 446. The second kappa shape index (κ2) is 6.40. The zero-order valence-electron chi connectivity index (χ0n) is 11.5. The Morgan fingerprint density at radius 3 is 2.79 bits per heavy atom. The van der Waals surface area contributed by atoms with Crippen LogP contribution in [0.1, 0.15) is 38.4 Å². The number of carbonyl (C=O) groups excluding carboxylic acids is 1. The van der Waals surface area contributed by atoms with Crippen molar-refractivity contribution in [1.29, 1.82) is 0 Å². The molecule has 0 aliphatic carbocycles. The molecule has 1 aliphatic rings. The normalized spacial score (nSPS) is 19.5. The van der Waals surface area contributed by atoms with E-state index >= 15 is 0 Å². The summed E-state index contributed by atoms with van der Waals surface area (Å²) in [5.74, 6) is 0.738. The van der Waals surface area contributed by atoms with E-state index in [9.17, 15) is 4.79 Å². The summed E-state index contributed by atoms with van der Waals surface area (Å²) >= 11 is 6.04. The summed E-state index contributed by atoms with van der Waals surface area (Å²) in [5.41, 5.74) is 1.06. The van der Waals surface area contributed by atoms with Gasteiger partial charge < -0.3 is 4.90 Å². The summed E-state index contributed by atoms with van der Waals surface area (Å²) in [6, 6.07) is 7.73. The fraction of sp³-hybridized carbons (Fsp3) is 0.533. The number of hydrogen-bond donors (Lipinski definition) is 1. The standard InChI is InChI=1S/C15H21ClN2O/c1-3-11(4-2)10-18-14(19)9-17-15(18)12-6-5-7-13(16)8-12/h5-8,11,15,17H,3-4,9-10H2,1-2H3. The Kier molecular flexibility index (Phi) is 4.83. The first kappa shape index (κ1) is 14.4. The molecular weight excluding hydrogens is 260 g/mol. The first-order valence-electron chi connectivity index (χ1n) is 6.94. The number of benzene rings is 1. The highest BCUT2D eigenvalue weighted by molar-refractivity contribution is 6.30. The summed E-state index contributed by atoms with van der Waals surface area (Å²) in [5, 5.41) is 3.98. The highest BCUT2D eigenvalue weighted by Crippen LogP contribution is 2.26. The van der Waals surface area contributed by atoms with Gasteiger partial charge in [0, 0.05) is 11.6 Å². The topological polar surface area (TPSA) is 32.3 Å². The van der Waals surface area contributed by atoms with E-state index in [2.05, 4.69) is 19.2 Å². The molecule has 1 saturated heterocycles. The Morgan fingerprint density at radius 1 is 1.42 bits per heavy atom. The van der Waals surface area contributed by atoms with Gasteiger partial charge in [0.1, 0.15) is 6.17 Å². The molecule has 1 aromatic rings. The molecule has 1 aliphatic heterocycles. The predicted molar refractivity (Wildman–Crippen MR) is 78.0 cm³/mol. The van der Waals surface area contributed by atoms with Crippen LogP contribution in [-0.4, -0.2) is 23.9 Å². The number of nitrogens with zero attached hydrogens (tertiary/aromatic N) is 1. The molecule has 0 radical (unpaired) electrons. The summed E-state index contributed by atoms with van der Waals surface area (Å²) in [4.78, 5) is 14.0. The molecule has 1 atom stereocenters. The molecule has 1 heterocycles. The molecule has 19 heavy (non-hydrogen) atoms. The summed E-state index contributed by atoms with van der Waals surface area (Å²) in [6.45, 7) is 5.58. The van der Waals surface area contributed by atoms with Crippen molar-refractivity contribution in [2.75, 3.05) is 13.1 Å². The van der Waals surface area contributed by atoms with Crippen LogP contribution >= 0.6 is 11.6 Å². The van der Waals surface area contributed by atoms with Gasteiger partial charge in [0.05, 0.1) is 6.54 Å². The lowest BCUT2D eigenvalue weighted by Gasteiger charge is -2.28. The molecule has 1 unspecified atom stereocenters. The first-order chi connectivity index (χ1) is 9.15. The Morgan fingerprint density at radius 2 is 2.16 bits per heavy atom. The SMILES string of the molecule is CCC(CC)CN1C(=O)CNC1c1cccc(Cl)c1. The van der Waals surface area contributed by atoms with Gasteiger partial charge in [-0.05, 0) is 23.6 Å². The fourth-order valence-electron chi connectivity index (χ4n) is 2.55. The molecule has 1 aromatic carbocycles. The van der Waals surface area contributed by atoms with Crippen LogP contribution in [0.25, 0.3) is 0 Å². The molecule has 0 aromatic heterocycles. The van der Waals surface area contributed by atoms with Crippen LogP contribution in [0.4, 0.5) is 0 Å². The highest BCUT2D eigenvalue weighted by atomic mass is 35.5. The molecule has 104 valence electrons. The van der Waals surface area contributed by atoms with Crippen molar-refractivity contribution in [3.63, 3.8) is 0 Å². The van der Waals surface area contributed by atoms with Crippen molar-refractivity contribution in [3.05, 3.63) is 34.9 Å². The average molecular weight is 281 g/mol. The van der Waals surface area contributed by atoms with E-state index in [0.717, 1.165) is 24.9 Å². The van der Waals surface area contributed by atoms with Gasteiger partial charge >= 0.3 is 0 Å². The number of hydrogen-bond acceptors (Lipinski definition) is 2. The third kappa shape index (κ3) is 3.28. The lowest BCUT2D eigenvalue weighted by atomic mass is 10.0. The third-order valence-corrected chi connectivity index (χ3v) is 4.09. The molecular formula is C15H21ClN2O. The number of rotatable bonds is 5. The van der Waals surface area contributed by atoms with Crippen LogP contribution in [0.5, 0.6) is 0 Å². The van der Waals surface area contributed by atoms with E-state index in [1.807, 2.05) is 29.2 Å². The van der Waals surface area contributed by atoms with E-state index in [-0.39, 0.29) is 12.1 Å². The monoisotopic (exact) mass is 280 g/mol. The van der Waals surface area contributed by atoms with E-state index < -0.39 is 0 Å². The van der Waals surface area contributed by atoms with Gasteiger partial charge in [0.15, 0.2) is 0 Å². The van der Waals surface area contributed by atoms with E-state index in [1.54, 1.807) is 0 Å². The molecule has 3 nitrogen and oxygen atoms in total. The van der Waals surface area contributed by atoms with Gasteiger partial charge in [-0.15, -0.1) is 0 Å². The van der Waals surface area contributed by atoms with Gasteiger partial charge in [0.2, 0.25) is 5.91 Å². The maximum atomic E-state index is 12.0. The molecule has 1 amide bonds. The summed E-state index contributed by atoms with van der Waals surface area (Å²) in [6.07, 6.45) is 2.16. The molecule has 0 saturated carbocycles. The summed E-state index contributed by atoms with van der Waals surface area (Å²) in [7, 11) is 0. The quantitative estimate of drug-likeness (QED) is 0.898. The maximum Gasteiger partial charge on any atom is 0.238 e. The van der Waals surface area contributed by atoms with E-state index in [0.29, 0.717) is 17.5 Å². The minimum Gasteiger partial charge on any atom is -0.322 e. The molecule has 2 rings (SSSR count). The van der Waals surface area contributed by atoms with E-state index in [4.69, 9.17) is 11.6 Å². The van der Waals surface area contributed by atoms with Crippen LogP contribution < -0.4 is 5.32 Å². The Balaban J connectivity index is 2.17.